The molecule has 1 aromatic heterocycles. The first-order valence-corrected chi connectivity index (χ1v) is 8.05. The highest BCUT2D eigenvalue weighted by atomic mass is 32.1. The maximum Gasteiger partial charge on any atom is 0.278 e. The van der Waals surface area contributed by atoms with E-state index in [2.05, 4.69) is 12.2 Å². The molecule has 2 unspecified atom stereocenters. The average molecular weight is 320 g/mol. The molecule has 2 atom stereocenters. The van der Waals surface area contributed by atoms with Crippen LogP contribution < -0.4 is 5.32 Å². The maximum absolute atomic E-state index is 11.1. The molecular weight excluding hydrogens is 300 g/mol. The van der Waals surface area contributed by atoms with Crippen molar-refractivity contribution < 1.29 is 10.0 Å². The Morgan fingerprint density at radius 3 is 2.68 bits per heavy atom. The van der Waals surface area contributed by atoms with Crippen molar-refractivity contribution in [2.45, 2.75) is 32.4 Å². The fourth-order valence-electron chi connectivity index (χ4n) is 2.18. The molecule has 6 heteroatoms. The van der Waals surface area contributed by atoms with E-state index in [0.29, 0.717) is 12.0 Å². The molecule has 0 saturated heterocycles. The van der Waals surface area contributed by atoms with Crippen LogP contribution in [-0.2, 0) is 0 Å². The van der Waals surface area contributed by atoms with Gasteiger partial charge in [0, 0.05) is 21.9 Å². The van der Waals surface area contributed by atoms with Gasteiger partial charge < -0.3 is 10.4 Å². The molecule has 0 aliphatic rings. The Hall–Kier alpha value is -1.76. The van der Waals surface area contributed by atoms with Crippen LogP contribution in [0, 0.1) is 10.1 Å². The highest BCUT2D eigenvalue weighted by Gasteiger charge is 2.17. The molecule has 1 heterocycles. The van der Waals surface area contributed by atoms with Crippen LogP contribution in [0.25, 0.3) is 10.4 Å². The standard InChI is InChI=1S/C16H20N2O3S/c1-11(19)9-10-17-12(2)15-7-8-16(22-15)13-5-3-4-6-14(13)18(20)21/h3-8,11-12,17,19H,9-10H2,1-2H3. The lowest BCUT2D eigenvalue weighted by Gasteiger charge is -2.12. The molecule has 0 radical (unpaired) electrons. The number of hydrogen-bond donors (Lipinski definition) is 2. The molecule has 1 aromatic carbocycles. The molecule has 0 aliphatic carbocycles. The zero-order chi connectivity index (χ0) is 16.1. The van der Waals surface area contributed by atoms with E-state index in [9.17, 15) is 15.2 Å². The van der Waals surface area contributed by atoms with Gasteiger partial charge in [-0.25, -0.2) is 0 Å². The second-order valence-corrected chi connectivity index (χ2v) is 6.41. The van der Waals surface area contributed by atoms with Crippen LogP contribution in [0.1, 0.15) is 31.2 Å². The van der Waals surface area contributed by atoms with E-state index in [0.717, 1.165) is 16.3 Å². The minimum absolute atomic E-state index is 0.130. The molecule has 2 aromatic rings. The van der Waals surface area contributed by atoms with Gasteiger partial charge in [-0.2, -0.15) is 0 Å². The number of para-hydroxylation sites is 1. The third kappa shape index (κ3) is 4.13. The summed E-state index contributed by atoms with van der Waals surface area (Å²) >= 11 is 1.56. The summed E-state index contributed by atoms with van der Waals surface area (Å²) in [6.07, 6.45) is 0.387. The lowest BCUT2D eigenvalue weighted by Crippen LogP contribution is -2.21. The molecule has 0 bridgehead atoms. The number of nitrogens with one attached hydrogen (secondary N) is 1. The number of nitrogens with zero attached hydrogens (tertiary/aromatic N) is 1. The van der Waals surface area contributed by atoms with Crippen molar-refractivity contribution in [3.63, 3.8) is 0 Å². The van der Waals surface area contributed by atoms with Crippen molar-refractivity contribution in [3.05, 3.63) is 51.4 Å². The zero-order valence-corrected chi connectivity index (χ0v) is 13.5. The normalized spacial score (nSPS) is 13.8. The first-order valence-electron chi connectivity index (χ1n) is 7.24. The minimum atomic E-state index is -0.348. The summed E-state index contributed by atoms with van der Waals surface area (Å²) < 4.78 is 0. The second kappa shape index (κ2) is 7.49. The fraction of sp³-hybridized carbons (Fsp3) is 0.375. The van der Waals surface area contributed by atoms with Gasteiger partial charge in [0.2, 0.25) is 0 Å². The van der Waals surface area contributed by atoms with Crippen LogP contribution in [0.15, 0.2) is 36.4 Å². The van der Waals surface area contributed by atoms with Gasteiger partial charge in [-0.1, -0.05) is 12.1 Å². The number of nitro groups is 1. The van der Waals surface area contributed by atoms with Gasteiger partial charge in [0.05, 0.1) is 16.6 Å². The van der Waals surface area contributed by atoms with Gasteiger partial charge in [-0.3, -0.25) is 10.1 Å². The molecule has 118 valence electrons. The van der Waals surface area contributed by atoms with Crippen LogP contribution in [-0.4, -0.2) is 22.7 Å². The summed E-state index contributed by atoms with van der Waals surface area (Å²) in [7, 11) is 0. The Morgan fingerprint density at radius 1 is 1.27 bits per heavy atom. The maximum atomic E-state index is 11.1. The number of benzene rings is 1. The lowest BCUT2D eigenvalue weighted by atomic mass is 10.1. The number of aliphatic hydroxyl groups is 1. The molecule has 0 aliphatic heterocycles. The summed E-state index contributed by atoms with van der Waals surface area (Å²) in [5.41, 5.74) is 0.783. The van der Waals surface area contributed by atoms with Gasteiger partial charge in [0.15, 0.2) is 0 Å². The summed E-state index contributed by atoms with van der Waals surface area (Å²) in [5, 5.41) is 23.7. The summed E-state index contributed by atoms with van der Waals surface area (Å²) in [4.78, 5) is 12.8. The molecule has 0 amide bonds. The van der Waals surface area contributed by atoms with Crippen LogP contribution >= 0.6 is 11.3 Å². The van der Waals surface area contributed by atoms with Gasteiger partial charge in [-0.15, -0.1) is 11.3 Å². The van der Waals surface area contributed by atoms with E-state index in [4.69, 9.17) is 0 Å². The molecule has 22 heavy (non-hydrogen) atoms. The summed E-state index contributed by atoms with van der Waals surface area (Å²) in [5.74, 6) is 0. The van der Waals surface area contributed by atoms with Gasteiger partial charge in [0.1, 0.15) is 0 Å². The van der Waals surface area contributed by atoms with E-state index in [1.54, 1.807) is 30.4 Å². The Labute approximate surface area is 133 Å². The monoisotopic (exact) mass is 320 g/mol. The van der Waals surface area contributed by atoms with Gasteiger partial charge in [-0.05, 0) is 45.0 Å². The molecule has 2 rings (SSSR count). The molecule has 0 fully saturated rings. The van der Waals surface area contributed by atoms with Crippen LogP contribution in [0.4, 0.5) is 5.69 Å². The topological polar surface area (TPSA) is 75.4 Å². The number of rotatable bonds is 7. The smallest absolute Gasteiger partial charge is 0.278 e. The molecule has 2 N–H and O–H groups in total. The third-order valence-corrected chi connectivity index (χ3v) is 4.73. The average Bonchev–Trinajstić information content (AvgIpc) is 2.96. The number of aliphatic hydroxyl groups excluding tert-OH is 1. The number of hydrogen-bond acceptors (Lipinski definition) is 5. The predicted molar refractivity (Wildman–Crippen MR) is 89.1 cm³/mol. The zero-order valence-electron chi connectivity index (χ0n) is 12.7. The van der Waals surface area contributed by atoms with Crippen molar-refractivity contribution >= 4 is 17.0 Å². The Kier molecular flexibility index (Phi) is 5.65. The number of thiophene rings is 1. The van der Waals surface area contributed by atoms with Crippen LogP contribution in [0.5, 0.6) is 0 Å². The molecule has 0 saturated carbocycles. The number of nitro benzene ring substituents is 1. The van der Waals surface area contributed by atoms with Gasteiger partial charge >= 0.3 is 0 Å². The Balaban J connectivity index is 2.13. The minimum Gasteiger partial charge on any atom is -0.393 e. The van der Waals surface area contributed by atoms with E-state index >= 15 is 0 Å². The second-order valence-electron chi connectivity index (χ2n) is 5.29. The third-order valence-electron chi connectivity index (χ3n) is 3.43. The van der Waals surface area contributed by atoms with Crippen molar-refractivity contribution in [1.29, 1.82) is 0 Å². The Morgan fingerprint density at radius 2 is 2.00 bits per heavy atom. The van der Waals surface area contributed by atoms with Crippen molar-refractivity contribution in [2.75, 3.05) is 6.54 Å². The first-order chi connectivity index (χ1) is 10.5. The van der Waals surface area contributed by atoms with E-state index in [1.807, 2.05) is 18.2 Å². The largest absolute Gasteiger partial charge is 0.393 e. The van der Waals surface area contributed by atoms with Crippen molar-refractivity contribution in [1.82, 2.24) is 5.32 Å². The fourth-order valence-corrected chi connectivity index (χ4v) is 3.25. The predicted octanol–water partition coefficient (Wildman–Crippen LogP) is 3.74. The summed E-state index contributed by atoms with van der Waals surface area (Å²) in [6, 6.07) is 10.9. The van der Waals surface area contributed by atoms with Crippen LogP contribution in [0.2, 0.25) is 0 Å². The molecule has 0 spiro atoms. The van der Waals surface area contributed by atoms with E-state index < -0.39 is 0 Å². The summed E-state index contributed by atoms with van der Waals surface area (Å²) in [6.45, 7) is 4.55. The van der Waals surface area contributed by atoms with Crippen molar-refractivity contribution in [2.24, 2.45) is 0 Å². The van der Waals surface area contributed by atoms with E-state index in [-0.39, 0.29) is 22.8 Å². The lowest BCUT2D eigenvalue weighted by molar-refractivity contribution is -0.384. The van der Waals surface area contributed by atoms with Crippen molar-refractivity contribution in [3.8, 4) is 10.4 Å². The SMILES string of the molecule is CC(O)CCNC(C)c1ccc(-c2ccccc2[N+](=O)[O-])s1. The highest BCUT2D eigenvalue weighted by molar-refractivity contribution is 7.15. The van der Waals surface area contributed by atoms with Crippen LogP contribution in [0.3, 0.4) is 0 Å². The molecular formula is C16H20N2O3S. The van der Waals surface area contributed by atoms with E-state index in [1.165, 1.54) is 6.07 Å². The highest BCUT2D eigenvalue weighted by Crippen LogP contribution is 2.36. The first kappa shape index (κ1) is 16.6. The molecule has 5 nitrogen and oxygen atoms in total. The Bertz CT molecular complexity index is 640. The van der Waals surface area contributed by atoms with Gasteiger partial charge in [0.25, 0.3) is 5.69 Å². The quantitative estimate of drug-likeness (QED) is 0.602.